The first-order valence-electron chi connectivity index (χ1n) is 12.5. The number of hydrogen-bond acceptors (Lipinski definition) is 7. The van der Waals surface area contributed by atoms with Gasteiger partial charge in [0.05, 0.1) is 34.6 Å². The molecule has 8 nitrogen and oxygen atoms in total. The summed E-state index contributed by atoms with van der Waals surface area (Å²) in [6.45, 7) is 11.2. The monoisotopic (exact) mass is 540 g/mol. The van der Waals surface area contributed by atoms with E-state index in [1.807, 2.05) is 26.8 Å². The van der Waals surface area contributed by atoms with E-state index in [9.17, 15) is 23.2 Å². The molecule has 0 spiro atoms. The summed E-state index contributed by atoms with van der Waals surface area (Å²) in [6.07, 6.45) is -0.753. The standard InChI is InChI=1S/C23H28F3N3O4.C4H11N/c1-22(2,3)33-29(31)32-12-11-27-21(30)17-13-16-5-4-6-19(20(16)28-14-17)15-7-9-18(10-8-15)23(24,25)26;1-4(2,3)5/h4-7,13-14,18,31H,8-12H2,1-3H3,(H,27,30);5H2,1-3H3. The van der Waals surface area contributed by atoms with Gasteiger partial charge in [-0.2, -0.15) is 13.2 Å². The molecular formula is C27H39F3N4O4. The Morgan fingerprint density at radius 1 is 1.21 bits per heavy atom. The Morgan fingerprint density at radius 2 is 1.87 bits per heavy atom. The van der Waals surface area contributed by atoms with E-state index in [1.165, 1.54) is 6.20 Å². The minimum absolute atomic E-state index is 0. The molecular weight excluding hydrogens is 501 g/mol. The first-order chi connectivity index (χ1) is 17.4. The fraction of sp³-hybridized carbons (Fsp3) is 0.556. The number of pyridine rings is 1. The summed E-state index contributed by atoms with van der Waals surface area (Å²) in [7, 11) is 0. The molecule has 0 saturated heterocycles. The first kappa shape index (κ1) is 31.6. The van der Waals surface area contributed by atoms with Crippen molar-refractivity contribution in [3.8, 4) is 0 Å². The van der Waals surface area contributed by atoms with Gasteiger partial charge in [-0.15, -0.1) is 0 Å². The summed E-state index contributed by atoms with van der Waals surface area (Å²) in [5.74, 6) is -1.68. The van der Waals surface area contributed by atoms with Crippen molar-refractivity contribution in [1.82, 2.24) is 15.7 Å². The van der Waals surface area contributed by atoms with Crippen molar-refractivity contribution in [2.45, 2.75) is 78.1 Å². The number of alkyl halides is 3. The van der Waals surface area contributed by atoms with Crippen LogP contribution in [0.3, 0.4) is 0 Å². The summed E-state index contributed by atoms with van der Waals surface area (Å²) >= 11 is 0. The van der Waals surface area contributed by atoms with Crippen LogP contribution in [-0.4, -0.2) is 52.0 Å². The van der Waals surface area contributed by atoms with Crippen LogP contribution in [0, 0.1) is 5.92 Å². The molecule has 3 rings (SSSR count). The summed E-state index contributed by atoms with van der Waals surface area (Å²) in [5.41, 5.74) is 7.32. The van der Waals surface area contributed by atoms with Gasteiger partial charge in [0.15, 0.2) is 0 Å². The van der Waals surface area contributed by atoms with Gasteiger partial charge in [0, 0.05) is 29.2 Å². The molecule has 1 aliphatic rings. The Hall–Kier alpha value is -2.57. The molecule has 0 radical (unpaired) electrons. The highest BCUT2D eigenvalue weighted by atomic mass is 19.4. The van der Waals surface area contributed by atoms with E-state index in [1.54, 1.807) is 45.0 Å². The Morgan fingerprint density at radius 3 is 2.42 bits per heavy atom. The van der Waals surface area contributed by atoms with Crippen molar-refractivity contribution >= 4 is 22.4 Å². The third-order valence-corrected chi connectivity index (χ3v) is 5.13. The van der Waals surface area contributed by atoms with Crippen LogP contribution in [0.2, 0.25) is 0 Å². The number of halogens is 3. The van der Waals surface area contributed by atoms with Gasteiger partial charge in [-0.1, -0.05) is 24.3 Å². The van der Waals surface area contributed by atoms with Crippen molar-refractivity contribution in [2.75, 3.05) is 13.2 Å². The van der Waals surface area contributed by atoms with Gasteiger partial charge in [0.1, 0.15) is 0 Å². The number of hydrogen-bond donors (Lipinski definition) is 3. The van der Waals surface area contributed by atoms with E-state index in [2.05, 4.69) is 10.3 Å². The average molecular weight is 541 g/mol. The molecule has 1 unspecified atom stereocenters. The molecule has 1 heterocycles. The number of para-hydroxylation sites is 1. The molecule has 11 heteroatoms. The Balaban J connectivity index is 0.000000926. The number of rotatable bonds is 7. The largest absolute Gasteiger partial charge is 0.392 e. The molecule has 0 aliphatic heterocycles. The van der Waals surface area contributed by atoms with E-state index >= 15 is 0 Å². The lowest BCUT2D eigenvalue weighted by Gasteiger charge is -2.24. The van der Waals surface area contributed by atoms with Crippen LogP contribution >= 0.6 is 0 Å². The van der Waals surface area contributed by atoms with Crippen molar-refractivity contribution in [2.24, 2.45) is 11.7 Å². The zero-order valence-corrected chi connectivity index (χ0v) is 22.9. The van der Waals surface area contributed by atoms with Crippen LogP contribution in [0.5, 0.6) is 0 Å². The quantitative estimate of drug-likeness (QED) is 0.300. The molecule has 1 atom stereocenters. The second-order valence-electron chi connectivity index (χ2n) is 11.2. The maximum atomic E-state index is 13.0. The molecule has 2 aromatic rings. The molecule has 212 valence electrons. The van der Waals surface area contributed by atoms with Crippen LogP contribution in [0.15, 0.2) is 36.5 Å². The lowest BCUT2D eigenvalue weighted by Crippen LogP contribution is -2.34. The number of nitrogens with zero attached hydrogens (tertiary/aromatic N) is 2. The number of allylic oxidation sites excluding steroid dienone is 2. The van der Waals surface area contributed by atoms with Gasteiger partial charge < -0.3 is 11.1 Å². The lowest BCUT2D eigenvalue weighted by molar-refractivity contribution is -0.530. The number of benzene rings is 1. The molecule has 1 aromatic carbocycles. The topological polar surface area (TPSA) is 110 Å². The first-order valence-corrected chi connectivity index (χ1v) is 12.5. The van der Waals surface area contributed by atoms with Gasteiger partial charge in [0.2, 0.25) is 0 Å². The van der Waals surface area contributed by atoms with Crippen LogP contribution in [0.25, 0.3) is 16.5 Å². The zero-order chi connectivity index (χ0) is 28.7. The molecule has 0 bridgehead atoms. The SMILES string of the molecule is CC(C)(C)N.CC(C)(C)ON(O)OCCNC(=O)c1cnc2c(C3=CCC(C(F)(F)F)CC3)cccc2c1. The highest BCUT2D eigenvalue weighted by molar-refractivity contribution is 5.99. The number of nitrogens with one attached hydrogen (secondary N) is 1. The Bertz CT molecular complexity index is 1100. The smallest absolute Gasteiger partial charge is 0.350 e. The minimum atomic E-state index is -4.18. The Labute approximate surface area is 221 Å². The molecule has 4 N–H and O–H groups in total. The van der Waals surface area contributed by atoms with Crippen molar-refractivity contribution in [3.63, 3.8) is 0 Å². The molecule has 0 fully saturated rings. The maximum Gasteiger partial charge on any atom is 0.392 e. The summed E-state index contributed by atoms with van der Waals surface area (Å²) in [5, 5.41) is 13.1. The number of carbonyl (C=O) groups excluding carboxylic acids is 1. The molecule has 38 heavy (non-hydrogen) atoms. The highest BCUT2D eigenvalue weighted by Crippen LogP contribution is 2.40. The maximum absolute atomic E-state index is 13.0. The predicted molar refractivity (Wildman–Crippen MR) is 140 cm³/mol. The predicted octanol–water partition coefficient (Wildman–Crippen LogP) is 5.81. The number of nitrogens with two attached hydrogens (primary N) is 1. The summed E-state index contributed by atoms with van der Waals surface area (Å²) in [4.78, 5) is 26.9. The minimum Gasteiger partial charge on any atom is -0.350 e. The van der Waals surface area contributed by atoms with E-state index in [-0.39, 0.29) is 42.8 Å². The van der Waals surface area contributed by atoms with Crippen LogP contribution in [0.1, 0.15) is 76.7 Å². The van der Waals surface area contributed by atoms with Gasteiger partial charge in [0.25, 0.3) is 5.91 Å². The number of amides is 1. The molecule has 0 saturated carbocycles. The van der Waals surface area contributed by atoms with Gasteiger partial charge in [-0.3, -0.25) is 15.0 Å². The second kappa shape index (κ2) is 13.0. The van der Waals surface area contributed by atoms with Crippen LogP contribution in [0.4, 0.5) is 13.2 Å². The lowest BCUT2D eigenvalue weighted by atomic mass is 9.85. The average Bonchev–Trinajstić information content (AvgIpc) is 2.78. The normalized spacial score (nSPS) is 16.6. The summed E-state index contributed by atoms with van der Waals surface area (Å²) < 4.78 is 38.9. The van der Waals surface area contributed by atoms with Crippen LogP contribution < -0.4 is 11.1 Å². The van der Waals surface area contributed by atoms with E-state index in [4.69, 9.17) is 15.4 Å². The highest BCUT2D eigenvalue weighted by Gasteiger charge is 2.39. The van der Waals surface area contributed by atoms with Gasteiger partial charge >= 0.3 is 6.18 Å². The molecule has 1 aromatic heterocycles. The fourth-order valence-electron chi connectivity index (χ4n) is 3.57. The van der Waals surface area contributed by atoms with Crippen molar-refractivity contribution in [1.29, 1.82) is 0 Å². The number of aromatic nitrogens is 1. The van der Waals surface area contributed by atoms with E-state index < -0.39 is 17.7 Å². The third-order valence-electron chi connectivity index (χ3n) is 5.13. The Kier molecular flexibility index (Phi) is 10.8. The van der Waals surface area contributed by atoms with E-state index in [0.29, 0.717) is 17.5 Å². The zero-order valence-electron chi connectivity index (χ0n) is 22.9. The molecule has 1 amide bonds. The van der Waals surface area contributed by atoms with Gasteiger partial charge in [-0.25, -0.2) is 9.68 Å². The second-order valence-corrected chi connectivity index (χ2v) is 11.2. The van der Waals surface area contributed by atoms with Crippen molar-refractivity contribution < 1.29 is 32.8 Å². The number of fused-ring (bicyclic) bond motifs is 1. The molecule has 1 aliphatic carbocycles. The van der Waals surface area contributed by atoms with E-state index in [0.717, 1.165) is 16.5 Å². The van der Waals surface area contributed by atoms with Crippen molar-refractivity contribution in [3.05, 3.63) is 47.7 Å². The van der Waals surface area contributed by atoms with Crippen LogP contribution in [-0.2, 0) is 9.68 Å². The fourth-order valence-corrected chi connectivity index (χ4v) is 3.57. The number of carbonyl (C=O) groups is 1. The third kappa shape index (κ3) is 11.0. The van der Waals surface area contributed by atoms with Gasteiger partial charge in [-0.05, 0) is 72.4 Å². The summed E-state index contributed by atoms with van der Waals surface area (Å²) in [6, 6.07) is 7.13.